The number of nitrogens with zero attached hydrogens (tertiary/aromatic N) is 1. The summed E-state index contributed by atoms with van der Waals surface area (Å²) in [7, 11) is 1.49. The molecular formula is C26H32F3N3O4. The first-order valence-corrected chi connectivity index (χ1v) is 11.9. The number of carboxylic acid groups (broad SMARTS) is 1. The molecule has 36 heavy (non-hydrogen) atoms. The standard InChI is InChI=1S/C18H16F3N3O4.C8H16/c1-27-15-9-14-13(8-10(15)2-7-16(25)26)23-17(24-14)22-11-3-5-12(6-4-11)28-18(19,20)21;1-8(2)6-4-3-5-7-8/h3-6,8-9H,2,7H2,1H3,(H,25,26)(H2,22,23,24);3-7H2,1-2H3. The number of aromatic nitrogens is 2. The number of aryl methyl sites for hydroxylation is 1. The monoisotopic (exact) mass is 507 g/mol. The van der Waals surface area contributed by atoms with E-state index in [2.05, 4.69) is 33.9 Å². The first-order chi connectivity index (χ1) is 16.9. The van der Waals surface area contributed by atoms with E-state index in [1.165, 1.54) is 63.5 Å². The first-order valence-electron chi connectivity index (χ1n) is 11.9. The van der Waals surface area contributed by atoms with Gasteiger partial charge in [-0.05, 0) is 60.6 Å². The highest BCUT2D eigenvalue weighted by Gasteiger charge is 2.31. The molecule has 196 valence electrons. The summed E-state index contributed by atoms with van der Waals surface area (Å²) >= 11 is 0. The van der Waals surface area contributed by atoms with Crippen molar-refractivity contribution in [3.05, 3.63) is 42.0 Å². The largest absolute Gasteiger partial charge is 0.573 e. The van der Waals surface area contributed by atoms with E-state index in [9.17, 15) is 18.0 Å². The van der Waals surface area contributed by atoms with Gasteiger partial charge in [0.25, 0.3) is 0 Å². The van der Waals surface area contributed by atoms with E-state index < -0.39 is 12.3 Å². The normalized spacial score (nSPS) is 15.1. The molecule has 0 radical (unpaired) electrons. The van der Waals surface area contributed by atoms with Crippen molar-refractivity contribution in [2.75, 3.05) is 12.4 Å². The molecule has 3 aromatic rings. The molecule has 1 aromatic heterocycles. The summed E-state index contributed by atoms with van der Waals surface area (Å²) in [5, 5.41) is 11.8. The topological polar surface area (TPSA) is 96.5 Å². The van der Waals surface area contributed by atoms with Gasteiger partial charge in [-0.1, -0.05) is 33.1 Å². The number of anilines is 2. The summed E-state index contributed by atoms with van der Waals surface area (Å²) in [4.78, 5) is 18.2. The van der Waals surface area contributed by atoms with E-state index in [0.29, 0.717) is 40.3 Å². The summed E-state index contributed by atoms with van der Waals surface area (Å²) in [6.07, 6.45) is 2.83. The molecule has 1 aliphatic carbocycles. The van der Waals surface area contributed by atoms with Gasteiger partial charge in [0.2, 0.25) is 5.95 Å². The molecule has 1 heterocycles. The van der Waals surface area contributed by atoms with Crippen molar-refractivity contribution in [1.29, 1.82) is 0 Å². The van der Waals surface area contributed by atoms with Gasteiger partial charge in [-0.2, -0.15) is 0 Å². The maximum absolute atomic E-state index is 12.2. The average molecular weight is 508 g/mol. The predicted octanol–water partition coefficient (Wildman–Crippen LogP) is 7.21. The van der Waals surface area contributed by atoms with Crippen molar-refractivity contribution in [2.24, 2.45) is 5.41 Å². The summed E-state index contributed by atoms with van der Waals surface area (Å²) in [5.41, 5.74) is 3.17. The maximum Gasteiger partial charge on any atom is 0.573 e. The van der Waals surface area contributed by atoms with Crippen molar-refractivity contribution >= 4 is 28.6 Å². The average Bonchev–Trinajstić information content (AvgIpc) is 3.18. The SMILES string of the molecule is CC1(C)CCCCC1.COc1cc2nc(Nc3ccc(OC(F)(F)F)cc3)[nH]c2cc1CCC(=O)O. The second-order valence-electron chi connectivity index (χ2n) is 9.58. The minimum Gasteiger partial charge on any atom is -0.496 e. The van der Waals surface area contributed by atoms with Crippen LogP contribution in [0.15, 0.2) is 36.4 Å². The fraction of sp³-hybridized carbons (Fsp3) is 0.462. The molecule has 4 rings (SSSR count). The lowest BCUT2D eigenvalue weighted by molar-refractivity contribution is -0.274. The van der Waals surface area contributed by atoms with Gasteiger partial charge in [0, 0.05) is 18.2 Å². The fourth-order valence-electron chi connectivity index (χ4n) is 4.15. The molecule has 0 amide bonds. The van der Waals surface area contributed by atoms with Crippen molar-refractivity contribution in [3.63, 3.8) is 0 Å². The smallest absolute Gasteiger partial charge is 0.496 e. The van der Waals surface area contributed by atoms with E-state index in [-0.39, 0.29) is 12.2 Å². The number of H-pyrrole nitrogens is 1. The van der Waals surface area contributed by atoms with Crippen LogP contribution in [-0.4, -0.2) is 34.5 Å². The van der Waals surface area contributed by atoms with Gasteiger partial charge in [-0.25, -0.2) is 4.98 Å². The third kappa shape index (κ3) is 8.35. The predicted molar refractivity (Wildman–Crippen MR) is 132 cm³/mol. The van der Waals surface area contributed by atoms with E-state index >= 15 is 0 Å². The van der Waals surface area contributed by atoms with Gasteiger partial charge in [0.1, 0.15) is 11.5 Å². The Bertz CT molecular complexity index is 1150. The second-order valence-corrected chi connectivity index (χ2v) is 9.58. The van der Waals surface area contributed by atoms with Gasteiger partial charge in [0.05, 0.1) is 18.1 Å². The Labute approximate surface area is 208 Å². The molecule has 1 aliphatic rings. The number of ether oxygens (including phenoxy) is 2. The number of halogens is 3. The Balaban J connectivity index is 0.000000383. The number of hydrogen-bond donors (Lipinski definition) is 3. The molecule has 0 bridgehead atoms. The van der Waals surface area contributed by atoms with Gasteiger partial charge in [-0.15, -0.1) is 13.2 Å². The van der Waals surface area contributed by atoms with E-state index in [0.717, 1.165) is 5.56 Å². The van der Waals surface area contributed by atoms with Crippen LogP contribution < -0.4 is 14.8 Å². The number of rotatable bonds is 7. The zero-order chi connectivity index (χ0) is 26.3. The van der Waals surface area contributed by atoms with Crippen LogP contribution in [0.4, 0.5) is 24.8 Å². The summed E-state index contributed by atoms with van der Waals surface area (Å²) < 4.78 is 45.7. The van der Waals surface area contributed by atoms with Gasteiger partial charge < -0.3 is 24.9 Å². The molecule has 3 N–H and O–H groups in total. The molecule has 2 aromatic carbocycles. The number of nitrogens with one attached hydrogen (secondary N) is 2. The van der Waals surface area contributed by atoms with Crippen LogP contribution in [0, 0.1) is 5.41 Å². The molecule has 0 spiro atoms. The highest BCUT2D eigenvalue weighted by Crippen LogP contribution is 2.34. The van der Waals surface area contributed by atoms with Crippen molar-refractivity contribution < 1.29 is 32.5 Å². The van der Waals surface area contributed by atoms with E-state index in [1.807, 2.05) is 0 Å². The minimum atomic E-state index is -4.74. The number of hydrogen-bond acceptors (Lipinski definition) is 5. The third-order valence-corrected chi connectivity index (χ3v) is 6.05. The summed E-state index contributed by atoms with van der Waals surface area (Å²) in [6, 6.07) is 8.67. The molecule has 0 aliphatic heterocycles. The number of alkyl halides is 3. The maximum atomic E-state index is 12.2. The van der Waals surface area contributed by atoms with E-state index in [1.54, 1.807) is 12.1 Å². The Kier molecular flexibility index (Phi) is 8.70. The lowest BCUT2D eigenvalue weighted by Gasteiger charge is -2.28. The number of carboxylic acids is 1. The van der Waals surface area contributed by atoms with Crippen molar-refractivity contribution in [3.8, 4) is 11.5 Å². The number of benzene rings is 2. The van der Waals surface area contributed by atoms with Crippen LogP contribution in [0.3, 0.4) is 0 Å². The zero-order valence-electron chi connectivity index (χ0n) is 20.7. The molecule has 7 nitrogen and oxygen atoms in total. The number of aromatic amines is 1. The molecule has 1 fully saturated rings. The highest BCUT2D eigenvalue weighted by molar-refractivity contribution is 5.81. The minimum absolute atomic E-state index is 0.0343. The highest BCUT2D eigenvalue weighted by atomic mass is 19.4. The lowest BCUT2D eigenvalue weighted by Crippen LogP contribution is -2.16. The van der Waals surface area contributed by atoms with Crippen LogP contribution in [-0.2, 0) is 11.2 Å². The number of imidazole rings is 1. The number of aliphatic carboxylic acids is 1. The van der Waals surface area contributed by atoms with Crippen LogP contribution >= 0.6 is 0 Å². The van der Waals surface area contributed by atoms with Crippen molar-refractivity contribution in [1.82, 2.24) is 9.97 Å². The summed E-state index contributed by atoms with van der Waals surface area (Å²) in [5.74, 6) is -0.333. The van der Waals surface area contributed by atoms with Gasteiger partial charge in [-0.3, -0.25) is 4.79 Å². The van der Waals surface area contributed by atoms with Gasteiger partial charge in [0.15, 0.2) is 0 Å². The van der Waals surface area contributed by atoms with Crippen LogP contribution in [0.25, 0.3) is 11.0 Å². The summed E-state index contributed by atoms with van der Waals surface area (Å²) in [6.45, 7) is 4.76. The molecule has 0 atom stereocenters. The van der Waals surface area contributed by atoms with Crippen LogP contribution in [0.5, 0.6) is 11.5 Å². The molecule has 10 heteroatoms. The molecule has 1 saturated carbocycles. The lowest BCUT2D eigenvalue weighted by atomic mass is 9.78. The third-order valence-electron chi connectivity index (χ3n) is 6.05. The fourth-order valence-corrected chi connectivity index (χ4v) is 4.15. The Hall–Kier alpha value is -3.43. The number of methoxy groups -OCH3 is 1. The molecule has 0 unspecified atom stereocenters. The zero-order valence-corrected chi connectivity index (χ0v) is 20.7. The first kappa shape index (κ1) is 27.2. The van der Waals surface area contributed by atoms with Crippen molar-refractivity contribution in [2.45, 2.75) is 65.2 Å². The van der Waals surface area contributed by atoms with Crippen LogP contribution in [0.1, 0.15) is 57.9 Å². The second kappa shape index (κ2) is 11.5. The van der Waals surface area contributed by atoms with Crippen LogP contribution in [0.2, 0.25) is 0 Å². The molecule has 0 saturated heterocycles. The quantitative estimate of drug-likeness (QED) is 0.313. The Morgan fingerprint density at radius 2 is 1.81 bits per heavy atom. The Morgan fingerprint density at radius 3 is 2.33 bits per heavy atom. The number of fused-ring (bicyclic) bond motifs is 1. The van der Waals surface area contributed by atoms with Gasteiger partial charge >= 0.3 is 12.3 Å². The van der Waals surface area contributed by atoms with E-state index in [4.69, 9.17) is 9.84 Å². The Morgan fingerprint density at radius 1 is 1.14 bits per heavy atom. The molecular weight excluding hydrogens is 475 g/mol. The number of carbonyl (C=O) groups is 1.